The van der Waals surface area contributed by atoms with Crippen molar-refractivity contribution in [3.05, 3.63) is 57.1 Å². The van der Waals surface area contributed by atoms with Crippen LogP contribution in [0, 0.1) is 5.82 Å². The van der Waals surface area contributed by atoms with Crippen LogP contribution in [0.3, 0.4) is 0 Å². The predicted molar refractivity (Wildman–Crippen MR) is 105 cm³/mol. The molecule has 5 nitrogen and oxygen atoms in total. The highest BCUT2D eigenvalue weighted by molar-refractivity contribution is 7.90. The summed E-state index contributed by atoms with van der Waals surface area (Å²) >= 11 is 13.7. The van der Waals surface area contributed by atoms with Crippen LogP contribution in [0.4, 0.5) is 4.39 Å². The van der Waals surface area contributed by atoms with E-state index in [4.69, 9.17) is 27.9 Å². The molecule has 2 aromatic carbocycles. The summed E-state index contributed by atoms with van der Waals surface area (Å²) in [5, 5.41) is 0.882. The Bertz CT molecular complexity index is 1140. The zero-order valence-corrected chi connectivity index (χ0v) is 17.3. The summed E-state index contributed by atoms with van der Waals surface area (Å²) in [4.78, 5) is 0.110. The SMILES string of the molecule is CCOCCn1/c(=N/S(=O)(=O)c2ccc(F)cc2)sc2c(Cl)ccc(Cl)c21. The Balaban J connectivity index is 2.21. The van der Waals surface area contributed by atoms with E-state index in [0.29, 0.717) is 40.0 Å². The summed E-state index contributed by atoms with van der Waals surface area (Å²) < 4.78 is 50.0. The summed E-state index contributed by atoms with van der Waals surface area (Å²) in [6, 6.07) is 7.79. The van der Waals surface area contributed by atoms with Crippen LogP contribution in [-0.4, -0.2) is 26.2 Å². The molecule has 0 saturated carbocycles. The Labute approximate surface area is 169 Å². The molecule has 3 aromatic rings. The molecule has 0 spiro atoms. The highest BCUT2D eigenvalue weighted by Crippen LogP contribution is 2.32. The van der Waals surface area contributed by atoms with Gasteiger partial charge in [0.05, 0.1) is 31.8 Å². The molecule has 0 bridgehead atoms. The zero-order valence-electron chi connectivity index (χ0n) is 14.2. The van der Waals surface area contributed by atoms with Gasteiger partial charge in [-0.05, 0) is 43.3 Å². The second kappa shape index (κ2) is 8.28. The molecule has 1 aromatic heterocycles. The number of ether oxygens (including phenoxy) is 1. The van der Waals surface area contributed by atoms with Gasteiger partial charge in [-0.2, -0.15) is 8.42 Å². The maximum absolute atomic E-state index is 13.1. The summed E-state index contributed by atoms with van der Waals surface area (Å²) in [5.41, 5.74) is 0.599. The van der Waals surface area contributed by atoms with Crippen molar-refractivity contribution >= 4 is 54.8 Å². The maximum atomic E-state index is 13.1. The van der Waals surface area contributed by atoms with E-state index in [-0.39, 0.29) is 9.70 Å². The van der Waals surface area contributed by atoms with Crippen LogP contribution >= 0.6 is 34.5 Å². The first-order valence-electron chi connectivity index (χ1n) is 7.95. The number of rotatable bonds is 6. The third-order valence-corrected chi connectivity index (χ3v) is 6.94. The number of sulfonamides is 1. The second-order valence-electron chi connectivity index (χ2n) is 5.46. The first-order chi connectivity index (χ1) is 12.8. The third-order valence-electron chi connectivity index (χ3n) is 3.70. The fourth-order valence-corrected chi connectivity index (χ4v) is 5.33. The summed E-state index contributed by atoms with van der Waals surface area (Å²) in [6.07, 6.45) is 0. The normalized spacial score (nSPS) is 12.8. The highest BCUT2D eigenvalue weighted by Gasteiger charge is 2.17. The summed E-state index contributed by atoms with van der Waals surface area (Å²) in [7, 11) is -4.04. The van der Waals surface area contributed by atoms with Gasteiger partial charge in [-0.1, -0.05) is 34.5 Å². The molecule has 0 saturated heterocycles. The molecule has 0 aliphatic rings. The van der Waals surface area contributed by atoms with E-state index >= 15 is 0 Å². The Hall–Kier alpha value is -1.45. The second-order valence-corrected chi connectivity index (χ2v) is 8.86. The smallest absolute Gasteiger partial charge is 0.285 e. The molecule has 0 aliphatic heterocycles. The van der Waals surface area contributed by atoms with Crippen molar-refractivity contribution in [2.75, 3.05) is 13.2 Å². The first kappa shape index (κ1) is 20.3. The van der Waals surface area contributed by atoms with E-state index in [0.717, 1.165) is 23.5 Å². The minimum absolute atomic E-state index is 0.102. The lowest BCUT2D eigenvalue weighted by Gasteiger charge is -2.07. The molecule has 27 heavy (non-hydrogen) atoms. The van der Waals surface area contributed by atoms with Gasteiger partial charge in [-0.3, -0.25) is 0 Å². The van der Waals surface area contributed by atoms with Crippen molar-refractivity contribution in [1.29, 1.82) is 0 Å². The van der Waals surface area contributed by atoms with Gasteiger partial charge < -0.3 is 9.30 Å². The van der Waals surface area contributed by atoms with E-state index < -0.39 is 15.8 Å². The molecular formula is C17H15Cl2FN2O3S2. The van der Waals surface area contributed by atoms with Crippen LogP contribution in [0.5, 0.6) is 0 Å². The molecule has 0 unspecified atom stereocenters. The summed E-state index contributed by atoms with van der Waals surface area (Å²) in [5.74, 6) is -0.527. The van der Waals surface area contributed by atoms with E-state index in [1.165, 1.54) is 12.1 Å². The number of halogens is 3. The van der Waals surface area contributed by atoms with Crippen LogP contribution in [0.15, 0.2) is 45.7 Å². The van der Waals surface area contributed by atoms with Gasteiger partial charge >= 0.3 is 0 Å². The van der Waals surface area contributed by atoms with Crippen molar-refractivity contribution in [2.45, 2.75) is 18.4 Å². The van der Waals surface area contributed by atoms with Gasteiger partial charge in [-0.25, -0.2) is 4.39 Å². The van der Waals surface area contributed by atoms with Crippen LogP contribution in [0.2, 0.25) is 10.0 Å². The topological polar surface area (TPSA) is 60.7 Å². The molecule has 0 fully saturated rings. The van der Waals surface area contributed by atoms with E-state index in [1.54, 1.807) is 16.7 Å². The Kier molecular flexibility index (Phi) is 6.22. The number of hydrogen-bond donors (Lipinski definition) is 0. The number of nitrogens with zero attached hydrogens (tertiary/aromatic N) is 2. The van der Waals surface area contributed by atoms with Crippen LogP contribution in [0.1, 0.15) is 6.92 Å². The molecule has 0 N–H and O–H groups in total. The quantitative estimate of drug-likeness (QED) is 0.522. The van der Waals surface area contributed by atoms with Crippen LogP contribution < -0.4 is 4.80 Å². The van der Waals surface area contributed by atoms with Gasteiger partial charge in [0, 0.05) is 13.2 Å². The monoisotopic (exact) mass is 448 g/mol. The number of benzene rings is 2. The lowest BCUT2D eigenvalue weighted by Crippen LogP contribution is -2.20. The molecule has 0 aliphatic carbocycles. The minimum atomic E-state index is -4.04. The van der Waals surface area contributed by atoms with Crippen molar-refractivity contribution in [2.24, 2.45) is 4.40 Å². The molecular weight excluding hydrogens is 434 g/mol. The van der Waals surface area contributed by atoms with E-state index in [9.17, 15) is 12.8 Å². The van der Waals surface area contributed by atoms with Crippen LogP contribution in [0.25, 0.3) is 10.2 Å². The molecule has 0 radical (unpaired) electrons. The van der Waals surface area contributed by atoms with Gasteiger partial charge in [0.15, 0.2) is 0 Å². The number of aromatic nitrogens is 1. The Morgan fingerprint density at radius 3 is 2.48 bits per heavy atom. The van der Waals surface area contributed by atoms with Crippen molar-refractivity contribution in [1.82, 2.24) is 4.57 Å². The number of fused-ring (bicyclic) bond motifs is 1. The summed E-state index contributed by atoms with van der Waals surface area (Å²) in [6.45, 7) is 3.10. The fraction of sp³-hybridized carbons (Fsp3) is 0.235. The minimum Gasteiger partial charge on any atom is -0.380 e. The zero-order chi connectivity index (χ0) is 19.6. The molecule has 144 valence electrons. The fourth-order valence-electron chi connectivity index (χ4n) is 2.45. The third kappa shape index (κ3) is 4.35. The maximum Gasteiger partial charge on any atom is 0.285 e. The number of thiazole rings is 1. The standard InChI is InChI=1S/C17H15Cl2FN2O3S2/c1-2-25-10-9-22-15-13(18)7-8-14(19)16(15)26-17(22)21-27(23,24)12-5-3-11(20)4-6-12/h3-8H,2,9-10H2,1H3/b21-17-. The molecule has 0 amide bonds. The Morgan fingerprint density at radius 1 is 1.15 bits per heavy atom. The van der Waals surface area contributed by atoms with E-state index in [1.807, 2.05) is 6.92 Å². The Morgan fingerprint density at radius 2 is 1.81 bits per heavy atom. The largest absolute Gasteiger partial charge is 0.380 e. The average Bonchev–Trinajstić information content (AvgIpc) is 2.98. The lowest BCUT2D eigenvalue weighted by molar-refractivity contribution is 0.139. The highest BCUT2D eigenvalue weighted by atomic mass is 35.5. The average molecular weight is 449 g/mol. The van der Waals surface area contributed by atoms with Gasteiger partial charge in [0.2, 0.25) is 4.80 Å². The first-order valence-corrected chi connectivity index (χ1v) is 11.0. The predicted octanol–water partition coefficient (Wildman–Crippen LogP) is 4.47. The van der Waals surface area contributed by atoms with Crippen LogP contribution in [-0.2, 0) is 21.3 Å². The van der Waals surface area contributed by atoms with Gasteiger partial charge in [0.25, 0.3) is 10.0 Å². The molecule has 3 rings (SSSR count). The lowest BCUT2D eigenvalue weighted by atomic mass is 10.3. The number of hydrogen-bond acceptors (Lipinski definition) is 4. The molecule has 10 heteroatoms. The van der Waals surface area contributed by atoms with Crippen molar-refractivity contribution in [3.63, 3.8) is 0 Å². The molecule has 0 atom stereocenters. The van der Waals surface area contributed by atoms with Gasteiger partial charge in [0.1, 0.15) is 5.82 Å². The van der Waals surface area contributed by atoms with Gasteiger partial charge in [-0.15, -0.1) is 4.40 Å². The van der Waals surface area contributed by atoms with Crippen molar-refractivity contribution in [3.8, 4) is 0 Å². The molecule has 1 heterocycles. The van der Waals surface area contributed by atoms with E-state index in [2.05, 4.69) is 4.40 Å². The van der Waals surface area contributed by atoms with Crippen molar-refractivity contribution < 1.29 is 17.5 Å².